The fourth-order valence-corrected chi connectivity index (χ4v) is 1.52. The minimum atomic E-state index is -0.294. The minimum Gasteiger partial charge on any atom is -0.494 e. The molecular formula is C14H17N5O2. The van der Waals surface area contributed by atoms with Crippen molar-refractivity contribution < 1.29 is 4.74 Å². The molecule has 2 rings (SSSR count). The van der Waals surface area contributed by atoms with Gasteiger partial charge in [-0.3, -0.25) is 9.78 Å². The zero-order chi connectivity index (χ0) is 15.1. The van der Waals surface area contributed by atoms with Crippen LogP contribution in [0.2, 0.25) is 0 Å². The highest BCUT2D eigenvalue weighted by Crippen LogP contribution is 2.12. The number of hydrazone groups is 1. The lowest BCUT2D eigenvalue weighted by Gasteiger charge is -2.04. The van der Waals surface area contributed by atoms with Crippen LogP contribution in [0.5, 0.6) is 5.75 Å². The summed E-state index contributed by atoms with van der Waals surface area (Å²) in [5, 5.41) is 11.5. The highest BCUT2D eigenvalue weighted by Gasteiger charge is 1.98. The summed E-state index contributed by atoms with van der Waals surface area (Å²) < 4.78 is 5.54. The second-order valence-electron chi connectivity index (χ2n) is 4.38. The molecule has 0 unspecified atom stereocenters. The summed E-state index contributed by atoms with van der Waals surface area (Å²) in [6.07, 6.45) is 2.57. The summed E-state index contributed by atoms with van der Waals surface area (Å²) in [6.45, 7) is 4.32. The Morgan fingerprint density at radius 1 is 1.43 bits per heavy atom. The smallest absolute Gasteiger partial charge is 0.274 e. The molecule has 1 heterocycles. The zero-order valence-corrected chi connectivity index (χ0v) is 12.0. The summed E-state index contributed by atoms with van der Waals surface area (Å²) >= 11 is 0. The molecule has 0 aliphatic carbocycles. The number of aryl methyl sites for hydroxylation is 1. The molecule has 0 spiro atoms. The van der Waals surface area contributed by atoms with E-state index in [2.05, 4.69) is 32.6 Å². The third kappa shape index (κ3) is 4.41. The Morgan fingerprint density at radius 3 is 3.05 bits per heavy atom. The van der Waals surface area contributed by atoms with Gasteiger partial charge in [-0.2, -0.15) is 5.10 Å². The molecule has 0 atom stereocenters. The van der Waals surface area contributed by atoms with E-state index in [9.17, 15) is 4.79 Å². The molecule has 0 aliphatic rings. The molecule has 0 aliphatic heterocycles. The molecule has 7 heteroatoms. The van der Waals surface area contributed by atoms with Gasteiger partial charge < -0.3 is 4.74 Å². The van der Waals surface area contributed by atoms with Gasteiger partial charge >= 0.3 is 0 Å². The summed E-state index contributed by atoms with van der Waals surface area (Å²) in [5.74, 6) is 0.990. The minimum absolute atomic E-state index is 0.195. The van der Waals surface area contributed by atoms with Crippen LogP contribution in [-0.4, -0.2) is 28.0 Å². The van der Waals surface area contributed by atoms with Gasteiger partial charge in [0.25, 0.3) is 5.56 Å². The van der Waals surface area contributed by atoms with Crippen LogP contribution in [0.3, 0.4) is 0 Å². The second kappa shape index (κ2) is 7.18. The number of H-pyrrole nitrogens is 1. The van der Waals surface area contributed by atoms with E-state index in [-0.39, 0.29) is 11.5 Å². The Bertz CT molecular complexity index is 681. The molecule has 0 saturated carbocycles. The van der Waals surface area contributed by atoms with E-state index in [1.807, 2.05) is 24.3 Å². The van der Waals surface area contributed by atoms with E-state index in [1.54, 1.807) is 13.1 Å². The second-order valence-corrected chi connectivity index (χ2v) is 4.38. The van der Waals surface area contributed by atoms with E-state index in [1.165, 1.54) is 0 Å². The fraction of sp³-hybridized carbons (Fsp3) is 0.286. The molecule has 0 saturated heterocycles. The maximum Gasteiger partial charge on any atom is 0.274 e. The highest BCUT2D eigenvalue weighted by atomic mass is 16.5. The number of benzene rings is 1. The number of anilines is 1. The first kappa shape index (κ1) is 14.7. The van der Waals surface area contributed by atoms with E-state index in [0.717, 1.165) is 17.7 Å². The van der Waals surface area contributed by atoms with Crippen molar-refractivity contribution in [1.29, 1.82) is 0 Å². The van der Waals surface area contributed by atoms with E-state index in [4.69, 9.17) is 4.74 Å². The van der Waals surface area contributed by atoms with Crippen LogP contribution in [0.4, 0.5) is 5.95 Å². The topological polar surface area (TPSA) is 92.3 Å². The van der Waals surface area contributed by atoms with Gasteiger partial charge in [-0.25, -0.2) is 5.43 Å². The Morgan fingerprint density at radius 2 is 2.29 bits per heavy atom. The number of nitrogens with one attached hydrogen (secondary N) is 2. The standard InChI is InChI=1S/C14H17N5O2/c1-3-7-21-12-6-4-5-11(8-12)9-15-18-14-16-13(20)10(2)17-19-14/h4-6,8-9H,3,7H2,1-2H3,(H2,16,18,19,20)/b15-9+. The molecule has 0 radical (unpaired) electrons. The first-order chi connectivity index (χ1) is 10.2. The number of rotatable bonds is 6. The highest BCUT2D eigenvalue weighted by molar-refractivity contribution is 5.80. The molecule has 110 valence electrons. The lowest BCUT2D eigenvalue weighted by molar-refractivity contribution is 0.317. The van der Waals surface area contributed by atoms with Crippen LogP contribution in [0.25, 0.3) is 0 Å². The molecule has 21 heavy (non-hydrogen) atoms. The molecule has 0 bridgehead atoms. The average Bonchev–Trinajstić information content (AvgIpc) is 2.49. The molecule has 2 aromatic rings. The molecule has 0 fully saturated rings. The summed E-state index contributed by atoms with van der Waals surface area (Å²) in [7, 11) is 0. The SMILES string of the molecule is CCCOc1cccc(/C=N/Nc2nnc(C)c(=O)[nH]2)c1. The van der Waals surface area contributed by atoms with Gasteiger partial charge in [0.1, 0.15) is 11.4 Å². The summed E-state index contributed by atoms with van der Waals surface area (Å²) in [6, 6.07) is 7.56. The maximum atomic E-state index is 11.4. The first-order valence-corrected chi connectivity index (χ1v) is 6.64. The van der Waals surface area contributed by atoms with Gasteiger partial charge in [-0.15, -0.1) is 10.2 Å². The lowest BCUT2D eigenvalue weighted by atomic mass is 10.2. The van der Waals surface area contributed by atoms with Crippen molar-refractivity contribution in [3.05, 3.63) is 45.9 Å². The predicted molar refractivity (Wildman–Crippen MR) is 80.8 cm³/mol. The number of hydrogen-bond acceptors (Lipinski definition) is 6. The Kier molecular flexibility index (Phi) is 5.03. The number of nitrogens with zero attached hydrogens (tertiary/aromatic N) is 3. The normalized spacial score (nSPS) is 10.8. The molecule has 1 aromatic heterocycles. The van der Waals surface area contributed by atoms with Crippen LogP contribution in [0, 0.1) is 6.92 Å². The average molecular weight is 287 g/mol. The molecular weight excluding hydrogens is 270 g/mol. The molecule has 1 aromatic carbocycles. The monoisotopic (exact) mass is 287 g/mol. The number of aromatic amines is 1. The molecule has 0 amide bonds. The maximum absolute atomic E-state index is 11.4. The van der Waals surface area contributed by atoms with Crippen molar-refractivity contribution in [3.8, 4) is 5.75 Å². The Labute approximate surface area is 122 Å². The zero-order valence-electron chi connectivity index (χ0n) is 12.0. The molecule has 2 N–H and O–H groups in total. The van der Waals surface area contributed by atoms with Crippen molar-refractivity contribution in [2.45, 2.75) is 20.3 Å². The van der Waals surface area contributed by atoms with Gasteiger partial charge in [-0.05, 0) is 31.0 Å². The summed E-state index contributed by atoms with van der Waals surface area (Å²) in [4.78, 5) is 13.9. The third-order valence-corrected chi connectivity index (χ3v) is 2.58. The Hall–Kier alpha value is -2.70. The fourth-order valence-electron chi connectivity index (χ4n) is 1.52. The van der Waals surface area contributed by atoms with Crippen LogP contribution in [0.1, 0.15) is 24.6 Å². The first-order valence-electron chi connectivity index (χ1n) is 6.64. The van der Waals surface area contributed by atoms with Crippen molar-refractivity contribution in [2.75, 3.05) is 12.0 Å². The predicted octanol–water partition coefficient (Wildman–Crippen LogP) is 1.71. The number of ether oxygens (including phenoxy) is 1. The number of hydrogen-bond donors (Lipinski definition) is 2. The lowest BCUT2D eigenvalue weighted by Crippen LogP contribution is -2.15. The molecule has 7 nitrogen and oxygen atoms in total. The van der Waals surface area contributed by atoms with Crippen molar-refractivity contribution >= 4 is 12.2 Å². The summed E-state index contributed by atoms with van der Waals surface area (Å²) in [5.41, 5.74) is 3.51. The van der Waals surface area contributed by atoms with Gasteiger partial charge in [-0.1, -0.05) is 19.1 Å². The number of aromatic nitrogens is 3. The Balaban J connectivity index is 2.00. The van der Waals surface area contributed by atoms with Crippen molar-refractivity contribution in [1.82, 2.24) is 15.2 Å². The van der Waals surface area contributed by atoms with E-state index < -0.39 is 0 Å². The van der Waals surface area contributed by atoms with Crippen LogP contribution >= 0.6 is 0 Å². The van der Waals surface area contributed by atoms with Crippen molar-refractivity contribution in [2.24, 2.45) is 5.10 Å². The van der Waals surface area contributed by atoms with Crippen LogP contribution < -0.4 is 15.7 Å². The largest absolute Gasteiger partial charge is 0.494 e. The van der Waals surface area contributed by atoms with E-state index in [0.29, 0.717) is 12.3 Å². The quantitative estimate of drug-likeness (QED) is 0.623. The van der Waals surface area contributed by atoms with Gasteiger partial charge in [0.05, 0.1) is 12.8 Å². The van der Waals surface area contributed by atoms with Crippen LogP contribution in [-0.2, 0) is 0 Å². The van der Waals surface area contributed by atoms with Gasteiger partial charge in [0.15, 0.2) is 0 Å². The van der Waals surface area contributed by atoms with Gasteiger partial charge in [0.2, 0.25) is 5.95 Å². The van der Waals surface area contributed by atoms with Crippen molar-refractivity contribution in [3.63, 3.8) is 0 Å². The third-order valence-electron chi connectivity index (χ3n) is 2.58. The van der Waals surface area contributed by atoms with Gasteiger partial charge in [0, 0.05) is 0 Å². The van der Waals surface area contributed by atoms with E-state index >= 15 is 0 Å². The van der Waals surface area contributed by atoms with Crippen LogP contribution in [0.15, 0.2) is 34.2 Å².